The molecule has 0 heterocycles. The third-order valence-electron chi connectivity index (χ3n) is 2.77. The van der Waals surface area contributed by atoms with Crippen molar-refractivity contribution in [1.29, 1.82) is 0 Å². The summed E-state index contributed by atoms with van der Waals surface area (Å²) in [5.41, 5.74) is -0.510. The summed E-state index contributed by atoms with van der Waals surface area (Å²) in [5.74, 6) is 0.361. The molecule has 0 aliphatic heterocycles. The Kier molecular flexibility index (Phi) is 4.89. The van der Waals surface area contributed by atoms with E-state index in [1.807, 2.05) is 6.92 Å². The number of hydrogen-bond donors (Lipinski definition) is 2. The van der Waals surface area contributed by atoms with Gasteiger partial charge in [-0.05, 0) is 25.3 Å². The van der Waals surface area contributed by atoms with Gasteiger partial charge in [-0.1, -0.05) is 6.92 Å². The maximum absolute atomic E-state index is 11.9. The Morgan fingerprint density at radius 2 is 2.20 bits per heavy atom. The minimum absolute atomic E-state index is 0.0608. The van der Waals surface area contributed by atoms with Crippen LogP contribution in [-0.2, 0) is 4.74 Å². The number of nitrogens with one attached hydrogen (secondary N) is 1. The third kappa shape index (κ3) is 3.66. The van der Waals surface area contributed by atoms with E-state index in [1.54, 1.807) is 0 Å². The fourth-order valence-corrected chi connectivity index (χ4v) is 1.86. The second-order valence-electron chi connectivity index (χ2n) is 4.03. The lowest BCUT2D eigenvalue weighted by atomic mass is 9.95. The van der Waals surface area contributed by atoms with Crippen molar-refractivity contribution in [2.45, 2.75) is 31.7 Å². The molecule has 1 unspecified atom stereocenters. The van der Waals surface area contributed by atoms with Crippen LogP contribution in [0.15, 0.2) is 0 Å². The predicted molar refractivity (Wildman–Crippen MR) is 53.0 cm³/mol. The van der Waals surface area contributed by atoms with Crippen molar-refractivity contribution in [3.63, 3.8) is 0 Å². The zero-order valence-electron chi connectivity index (χ0n) is 9.01. The van der Waals surface area contributed by atoms with Crippen LogP contribution >= 0.6 is 0 Å². The maximum atomic E-state index is 11.9. The van der Waals surface area contributed by atoms with Crippen LogP contribution in [0.2, 0.25) is 0 Å². The summed E-state index contributed by atoms with van der Waals surface area (Å²) in [6.45, 7) is 2.18. The predicted octanol–water partition coefficient (Wildman–Crippen LogP) is 1.02. The molecule has 0 bridgehead atoms. The van der Waals surface area contributed by atoms with Crippen LogP contribution in [0.3, 0.4) is 0 Å². The molecule has 90 valence electrons. The van der Waals surface area contributed by atoms with Crippen LogP contribution in [0.25, 0.3) is 0 Å². The number of alkyl halides is 2. The minimum Gasteiger partial charge on any atom is -0.394 e. The van der Waals surface area contributed by atoms with Gasteiger partial charge in [0.15, 0.2) is 0 Å². The number of hydrogen-bond acceptors (Lipinski definition) is 3. The van der Waals surface area contributed by atoms with E-state index in [4.69, 9.17) is 4.74 Å². The van der Waals surface area contributed by atoms with E-state index in [2.05, 4.69) is 5.32 Å². The molecular formula is C10H19F2NO2. The second kappa shape index (κ2) is 5.72. The molecule has 1 saturated carbocycles. The van der Waals surface area contributed by atoms with Crippen molar-refractivity contribution in [3.8, 4) is 0 Å². The molecule has 5 heteroatoms. The van der Waals surface area contributed by atoms with Crippen LogP contribution < -0.4 is 5.32 Å². The van der Waals surface area contributed by atoms with Gasteiger partial charge in [0.05, 0.1) is 18.8 Å². The number of likely N-dealkylation sites (N-methyl/N-ethyl adjacent to an activating group) is 1. The summed E-state index contributed by atoms with van der Waals surface area (Å²) in [6.07, 6.45) is -0.376. The third-order valence-corrected chi connectivity index (χ3v) is 2.77. The van der Waals surface area contributed by atoms with Gasteiger partial charge in [-0.15, -0.1) is 0 Å². The quantitative estimate of drug-likeness (QED) is 0.645. The van der Waals surface area contributed by atoms with E-state index in [0.717, 1.165) is 12.8 Å². The lowest BCUT2D eigenvalue weighted by molar-refractivity contribution is -0.0260. The fourth-order valence-electron chi connectivity index (χ4n) is 1.86. The topological polar surface area (TPSA) is 41.5 Å². The summed E-state index contributed by atoms with van der Waals surface area (Å²) >= 11 is 0. The largest absolute Gasteiger partial charge is 0.394 e. The molecule has 1 aliphatic carbocycles. The van der Waals surface area contributed by atoms with Crippen molar-refractivity contribution in [2.24, 2.45) is 5.92 Å². The smallest absolute Gasteiger partial charge is 0.261 e. The van der Waals surface area contributed by atoms with Crippen molar-refractivity contribution in [2.75, 3.05) is 26.4 Å². The zero-order valence-corrected chi connectivity index (χ0v) is 9.01. The van der Waals surface area contributed by atoms with Crippen LogP contribution in [0, 0.1) is 5.92 Å². The van der Waals surface area contributed by atoms with Crippen LogP contribution in [0.4, 0.5) is 8.78 Å². The summed E-state index contributed by atoms with van der Waals surface area (Å²) in [6, 6.07) is 0. The van der Waals surface area contributed by atoms with E-state index in [-0.39, 0.29) is 13.2 Å². The highest BCUT2D eigenvalue weighted by Crippen LogP contribution is 2.39. The van der Waals surface area contributed by atoms with E-state index < -0.39 is 18.6 Å². The lowest BCUT2D eigenvalue weighted by Gasteiger charge is -2.32. The molecule has 0 amide bonds. The maximum Gasteiger partial charge on any atom is 0.261 e. The van der Waals surface area contributed by atoms with Crippen molar-refractivity contribution in [1.82, 2.24) is 5.32 Å². The Balaban J connectivity index is 2.40. The van der Waals surface area contributed by atoms with Gasteiger partial charge < -0.3 is 15.2 Å². The van der Waals surface area contributed by atoms with Gasteiger partial charge in [-0.3, -0.25) is 0 Å². The Morgan fingerprint density at radius 3 is 2.60 bits per heavy atom. The molecule has 0 saturated heterocycles. The Bertz CT molecular complexity index is 188. The van der Waals surface area contributed by atoms with Gasteiger partial charge in [0.25, 0.3) is 6.43 Å². The first-order valence-electron chi connectivity index (χ1n) is 5.36. The summed E-state index contributed by atoms with van der Waals surface area (Å²) in [4.78, 5) is 0. The van der Waals surface area contributed by atoms with E-state index in [9.17, 15) is 13.9 Å². The summed E-state index contributed by atoms with van der Waals surface area (Å²) < 4.78 is 28.8. The molecule has 15 heavy (non-hydrogen) atoms. The molecule has 2 N–H and O–H groups in total. The Morgan fingerprint density at radius 1 is 1.53 bits per heavy atom. The summed E-state index contributed by atoms with van der Waals surface area (Å²) in [7, 11) is 0. The molecule has 0 aromatic heterocycles. The molecule has 1 fully saturated rings. The number of aliphatic hydroxyl groups is 1. The lowest BCUT2D eigenvalue weighted by Crippen LogP contribution is -2.54. The molecular weight excluding hydrogens is 204 g/mol. The van der Waals surface area contributed by atoms with Gasteiger partial charge in [0, 0.05) is 0 Å². The molecule has 1 aliphatic rings. The first kappa shape index (κ1) is 12.8. The van der Waals surface area contributed by atoms with Gasteiger partial charge in [-0.25, -0.2) is 8.78 Å². The highest BCUT2D eigenvalue weighted by atomic mass is 19.3. The fraction of sp³-hybridized carbons (Fsp3) is 1.00. The number of halogens is 2. The molecule has 3 nitrogen and oxygen atoms in total. The van der Waals surface area contributed by atoms with Gasteiger partial charge in [0.1, 0.15) is 6.61 Å². The van der Waals surface area contributed by atoms with E-state index in [0.29, 0.717) is 12.5 Å². The van der Waals surface area contributed by atoms with Gasteiger partial charge >= 0.3 is 0 Å². The first-order valence-corrected chi connectivity index (χ1v) is 5.36. The monoisotopic (exact) mass is 223 g/mol. The summed E-state index contributed by atoms with van der Waals surface area (Å²) in [5, 5.41) is 12.5. The Labute approximate surface area is 88.8 Å². The average Bonchev–Trinajstić information content (AvgIpc) is 2.99. The van der Waals surface area contributed by atoms with Crippen LogP contribution in [-0.4, -0.2) is 43.4 Å². The number of rotatable bonds is 8. The highest BCUT2D eigenvalue weighted by Gasteiger charge is 2.44. The van der Waals surface area contributed by atoms with Crippen molar-refractivity contribution >= 4 is 0 Å². The van der Waals surface area contributed by atoms with E-state index >= 15 is 0 Å². The second-order valence-corrected chi connectivity index (χ2v) is 4.03. The Hall–Kier alpha value is -0.260. The molecule has 0 aromatic carbocycles. The minimum atomic E-state index is -2.44. The number of aliphatic hydroxyl groups excluding tert-OH is 1. The average molecular weight is 223 g/mol. The molecule has 0 radical (unpaired) electrons. The number of ether oxygens (including phenoxy) is 1. The van der Waals surface area contributed by atoms with Gasteiger partial charge in [-0.2, -0.15) is 0 Å². The highest BCUT2D eigenvalue weighted by molar-refractivity contribution is 5.00. The van der Waals surface area contributed by atoms with E-state index in [1.165, 1.54) is 0 Å². The van der Waals surface area contributed by atoms with Crippen molar-refractivity contribution in [3.05, 3.63) is 0 Å². The SMILES string of the molecule is CCNC(CO)(COCC(F)F)C1CC1. The van der Waals surface area contributed by atoms with Crippen LogP contribution in [0.1, 0.15) is 19.8 Å². The van der Waals surface area contributed by atoms with Gasteiger partial charge in [0.2, 0.25) is 0 Å². The molecule has 1 rings (SSSR count). The normalized spacial score (nSPS) is 20.6. The standard InChI is InChI=1S/C10H19F2NO2/c1-2-13-10(6-14,8-3-4-8)7-15-5-9(11)12/h8-9,13-14H,2-7H2,1H3. The zero-order chi connectivity index (χ0) is 11.3. The molecule has 0 spiro atoms. The van der Waals surface area contributed by atoms with Crippen LogP contribution in [0.5, 0.6) is 0 Å². The molecule has 0 aromatic rings. The van der Waals surface area contributed by atoms with Crippen molar-refractivity contribution < 1.29 is 18.6 Å². The first-order chi connectivity index (χ1) is 7.14. The molecule has 1 atom stereocenters.